The maximum absolute atomic E-state index is 11.4. The number of benzene rings is 1. The largest absolute Gasteiger partial charge is 0.414 e. The molecule has 4 nitrogen and oxygen atoms in total. The maximum Gasteiger partial charge on any atom is 0.414 e. The van der Waals surface area contributed by atoms with Crippen LogP contribution in [0, 0.1) is 0 Å². The Hall–Kier alpha value is -1.55. The number of ether oxygens (including phenoxy) is 1. The van der Waals surface area contributed by atoms with Crippen molar-refractivity contribution in [3.05, 3.63) is 29.8 Å². The van der Waals surface area contributed by atoms with Crippen molar-refractivity contribution in [2.24, 2.45) is 0 Å². The highest BCUT2D eigenvalue weighted by atomic mass is 16.6. The van der Waals surface area contributed by atoms with Crippen LogP contribution in [0.5, 0.6) is 5.75 Å². The van der Waals surface area contributed by atoms with Gasteiger partial charge in [-0.1, -0.05) is 12.1 Å². The minimum atomic E-state index is -0.353. The molecule has 4 heteroatoms. The van der Waals surface area contributed by atoms with Crippen LogP contribution in [-0.2, 0) is 6.42 Å². The van der Waals surface area contributed by atoms with Crippen LogP contribution in [-0.4, -0.2) is 57.3 Å². The molecule has 0 aromatic heterocycles. The highest BCUT2D eigenvalue weighted by Crippen LogP contribution is 2.14. The Labute approximate surface area is 109 Å². The van der Waals surface area contributed by atoms with Crippen LogP contribution in [0.1, 0.15) is 5.56 Å². The van der Waals surface area contributed by atoms with Gasteiger partial charge in [-0.3, -0.25) is 0 Å². The Morgan fingerprint density at radius 1 is 1.17 bits per heavy atom. The molecule has 1 rings (SSSR count). The molecule has 0 N–H and O–H groups in total. The van der Waals surface area contributed by atoms with Crippen molar-refractivity contribution >= 4 is 6.09 Å². The summed E-state index contributed by atoms with van der Waals surface area (Å²) in [6, 6.07) is 7.70. The number of hydrogen-bond acceptors (Lipinski definition) is 2. The highest BCUT2D eigenvalue weighted by molar-refractivity contribution is 5.69. The lowest BCUT2D eigenvalue weighted by atomic mass is 10.1. The monoisotopic (exact) mass is 251 g/mol. The first-order chi connectivity index (χ1) is 8.28. The van der Waals surface area contributed by atoms with Crippen molar-refractivity contribution in [1.29, 1.82) is 0 Å². The van der Waals surface area contributed by atoms with E-state index >= 15 is 0 Å². The molecule has 0 aliphatic rings. The molecule has 0 unspecified atom stereocenters. The van der Waals surface area contributed by atoms with Gasteiger partial charge in [0, 0.05) is 20.5 Å². The maximum atomic E-state index is 11.4. The molecule has 0 radical (unpaired) electrons. The number of nitrogens with zero attached hydrogens (tertiary/aromatic N) is 2. The van der Waals surface area contributed by atoms with Crippen molar-refractivity contribution in [1.82, 2.24) is 4.90 Å². The molecule has 1 aromatic carbocycles. The lowest BCUT2D eigenvalue weighted by Gasteiger charge is -2.23. The molecule has 0 saturated heterocycles. The molecule has 18 heavy (non-hydrogen) atoms. The summed E-state index contributed by atoms with van der Waals surface area (Å²) in [5, 5.41) is 0. The molecule has 100 valence electrons. The van der Waals surface area contributed by atoms with Crippen LogP contribution >= 0.6 is 0 Å². The van der Waals surface area contributed by atoms with E-state index in [9.17, 15) is 4.79 Å². The smallest absolute Gasteiger partial charge is 0.410 e. The predicted molar refractivity (Wildman–Crippen MR) is 72.8 cm³/mol. The number of likely N-dealkylation sites (N-methyl/N-ethyl adjacent to an activating group) is 1. The Kier molecular flexibility index (Phi) is 4.73. The Bertz CT molecular complexity index is 391. The second kappa shape index (κ2) is 5.87. The number of quaternary nitrogens is 1. The second-order valence-electron chi connectivity index (χ2n) is 5.67. The molecule has 0 atom stereocenters. The molecule has 1 amide bonds. The van der Waals surface area contributed by atoms with Crippen LogP contribution in [0.25, 0.3) is 0 Å². The Morgan fingerprint density at radius 3 is 2.17 bits per heavy atom. The fourth-order valence-electron chi connectivity index (χ4n) is 1.38. The van der Waals surface area contributed by atoms with Gasteiger partial charge in [0.05, 0.1) is 27.7 Å². The third-order valence-electron chi connectivity index (χ3n) is 2.56. The highest BCUT2D eigenvalue weighted by Gasteiger charge is 2.08. The summed E-state index contributed by atoms with van der Waals surface area (Å²) in [6.45, 7) is 1.08. The van der Waals surface area contributed by atoms with Crippen LogP contribution in [0.2, 0.25) is 0 Å². The third kappa shape index (κ3) is 5.19. The zero-order valence-electron chi connectivity index (χ0n) is 11.9. The van der Waals surface area contributed by atoms with Gasteiger partial charge >= 0.3 is 6.09 Å². The average Bonchev–Trinajstić information content (AvgIpc) is 2.27. The number of amides is 1. The predicted octanol–water partition coefficient (Wildman–Crippen LogP) is 2.00. The molecular formula is C14H23N2O2+. The van der Waals surface area contributed by atoms with Crippen LogP contribution in [0.4, 0.5) is 4.79 Å². The fraction of sp³-hybridized carbons (Fsp3) is 0.500. The van der Waals surface area contributed by atoms with Crippen molar-refractivity contribution in [2.75, 3.05) is 41.8 Å². The molecular weight excluding hydrogens is 228 g/mol. The first kappa shape index (κ1) is 14.5. The Morgan fingerprint density at radius 2 is 1.72 bits per heavy atom. The molecule has 0 aliphatic heterocycles. The van der Waals surface area contributed by atoms with E-state index in [0.717, 1.165) is 17.4 Å². The first-order valence-electron chi connectivity index (χ1n) is 6.06. The van der Waals surface area contributed by atoms with Crippen LogP contribution < -0.4 is 4.74 Å². The molecule has 0 spiro atoms. The summed E-state index contributed by atoms with van der Waals surface area (Å²) >= 11 is 0. The minimum Gasteiger partial charge on any atom is -0.410 e. The van der Waals surface area contributed by atoms with Gasteiger partial charge in [0.1, 0.15) is 5.75 Å². The standard InChI is InChI=1S/C14H23N2O2/c1-15(2)14(17)18-13-8-6-12(7-9-13)10-11-16(3,4)5/h6-9H,10-11H2,1-5H3/q+1. The van der Waals surface area contributed by atoms with Crippen LogP contribution in [0.15, 0.2) is 24.3 Å². The molecule has 0 fully saturated rings. The summed E-state index contributed by atoms with van der Waals surface area (Å²) in [5.74, 6) is 0.586. The van der Waals surface area contributed by atoms with Crippen molar-refractivity contribution in [3.8, 4) is 5.75 Å². The first-order valence-corrected chi connectivity index (χ1v) is 6.06. The summed E-state index contributed by atoms with van der Waals surface area (Å²) in [4.78, 5) is 12.8. The Balaban J connectivity index is 2.55. The van der Waals surface area contributed by atoms with E-state index in [1.165, 1.54) is 10.5 Å². The van der Waals surface area contributed by atoms with E-state index in [1.807, 2.05) is 24.3 Å². The van der Waals surface area contributed by atoms with E-state index in [0.29, 0.717) is 5.75 Å². The van der Waals surface area contributed by atoms with E-state index in [1.54, 1.807) is 14.1 Å². The fourth-order valence-corrected chi connectivity index (χ4v) is 1.38. The number of carbonyl (C=O) groups excluding carboxylic acids is 1. The molecule has 1 aromatic rings. The quantitative estimate of drug-likeness (QED) is 0.766. The van der Waals surface area contributed by atoms with E-state index in [-0.39, 0.29) is 6.09 Å². The topological polar surface area (TPSA) is 29.5 Å². The third-order valence-corrected chi connectivity index (χ3v) is 2.56. The van der Waals surface area contributed by atoms with E-state index in [4.69, 9.17) is 4.74 Å². The number of carbonyl (C=O) groups is 1. The second-order valence-corrected chi connectivity index (χ2v) is 5.67. The molecule has 0 saturated carbocycles. The molecule has 0 aliphatic carbocycles. The van der Waals surface area contributed by atoms with Crippen molar-refractivity contribution in [2.45, 2.75) is 6.42 Å². The lowest BCUT2D eigenvalue weighted by Crippen LogP contribution is -2.36. The van der Waals surface area contributed by atoms with Crippen molar-refractivity contribution < 1.29 is 14.0 Å². The van der Waals surface area contributed by atoms with E-state index < -0.39 is 0 Å². The molecule has 0 heterocycles. The van der Waals surface area contributed by atoms with Gasteiger partial charge in [-0.2, -0.15) is 0 Å². The SMILES string of the molecule is CN(C)C(=O)Oc1ccc(CC[N+](C)(C)C)cc1. The van der Waals surface area contributed by atoms with Gasteiger partial charge in [-0.05, 0) is 17.7 Å². The summed E-state index contributed by atoms with van der Waals surface area (Å²) in [6.07, 6.45) is 0.667. The minimum absolute atomic E-state index is 0.353. The van der Waals surface area contributed by atoms with Gasteiger partial charge in [0.2, 0.25) is 0 Å². The van der Waals surface area contributed by atoms with Gasteiger partial charge in [0.15, 0.2) is 0 Å². The van der Waals surface area contributed by atoms with Gasteiger partial charge in [-0.25, -0.2) is 4.79 Å². The average molecular weight is 251 g/mol. The van der Waals surface area contributed by atoms with Gasteiger partial charge < -0.3 is 14.1 Å². The van der Waals surface area contributed by atoms with Gasteiger partial charge in [-0.15, -0.1) is 0 Å². The molecule has 0 bridgehead atoms. The lowest BCUT2D eigenvalue weighted by molar-refractivity contribution is -0.870. The summed E-state index contributed by atoms with van der Waals surface area (Å²) < 4.78 is 6.10. The number of rotatable bonds is 4. The van der Waals surface area contributed by atoms with E-state index in [2.05, 4.69) is 21.1 Å². The van der Waals surface area contributed by atoms with Gasteiger partial charge in [0.25, 0.3) is 0 Å². The summed E-state index contributed by atoms with van der Waals surface area (Å²) in [5.41, 5.74) is 1.26. The zero-order valence-corrected chi connectivity index (χ0v) is 11.9. The zero-order chi connectivity index (χ0) is 13.8. The van der Waals surface area contributed by atoms with Crippen molar-refractivity contribution in [3.63, 3.8) is 0 Å². The number of hydrogen-bond donors (Lipinski definition) is 0. The normalized spacial score (nSPS) is 11.2. The van der Waals surface area contributed by atoms with Crippen LogP contribution in [0.3, 0.4) is 0 Å². The summed E-state index contributed by atoms with van der Waals surface area (Å²) in [7, 11) is 9.85.